The van der Waals surface area contributed by atoms with Gasteiger partial charge < -0.3 is 0 Å². The molecule has 1 aromatic rings. The Labute approximate surface area is 102 Å². The molecule has 0 bridgehead atoms. The largest absolute Gasteiger partial charge is 0.299 e. The van der Waals surface area contributed by atoms with Gasteiger partial charge in [-0.3, -0.25) is 4.90 Å². The van der Waals surface area contributed by atoms with Crippen LogP contribution in [0.25, 0.3) is 0 Å². The molecule has 1 fully saturated rings. The molecular formula is C10H13BrClNS. The molecule has 0 amide bonds. The molecule has 0 radical (unpaired) electrons. The second kappa shape index (κ2) is 4.97. The van der Waals surface area contributed by atoms with Gasteiger partial charge in [-0.2, -0.15) is 0 Å². The van der Waals surface area contributed by atoms with Crippen molar-refractivity contribution in [1.82, 2.24) is 4.90 Å². The van der Waals surface area contributed by atoms with Crippen LogP contribution in [0.5, 0.6) is 0 Å². The predicted octanol–water partition coefficient (Wildman–Crippen LogP) is 3.76. The Kier molecular flexibility index (Phi) is 3.88. The summed E-state index contributed by atoms with van der Waals surface area (Å²) < 4.78 is 0.898. The van der Waals surface area contributed by atoms with E-state index in [1.807, 2.05) is 0 Å². The molecule has 1 saturated heterocycles. The van der Waals surface area contributed by atoms with Crippen LogP contribution in [-0.2, 0) is 6.54 Å². The summed E-state index contributed by atoms with van der Waals surface area (Å²) in [6, 6.07) is 2.08. The van der Waals surface area contributed by atoms with Crippen LogP contribution in [0.1, 0.15) is 18.4 Å². The molecule has 0 N–H and O–H groups in total. The van der Waals surface area contributed by atoms with E-state index in [-0.39, 0.29) is 0 Å². The molecule has 2 rings (SSSR count). The van der Waals surface area contributed by atoms with E-state index >= 15 is 0 Å². The van der Waals surface area contributed by atoms with Gasteiger partial charge in [0.25, 0.3) is 0 Å². The molecule has 1 nitrogen and oxygen atoms in total. The lowest BCUT2D eigenvalue weighted by atomic mass is 10.1. The highest BCUT2D eigenvalue weighted by Crippen LogP contribution is 2.23. The number of piperidine rings is 1. The Morgan fingerprint density at radius 3 is 2.79 bits per heavy atom. The van der Waals surface area contributed by atoms with Gasteiger partial charge in [0.2, 0.25) is 0 Å². The lowest BCUT2D eigenvalue weighted by Crippen LogP contribution is -2.33. The molecule has 0 unspecified atom stereocenters. The van der Waals surface area contributed by atoms with E-state index in [1.165, 1.54) is 31.5 Å². The zero-order valence-electron chi connectivity index (χ0n) is 7.88. The van der Waals surface area contributed by atoms with Crippen LogP contribution in [-0.4, -0.2) is 22.8 Å². The lowest BCUT2D eigenvalue weighted by molar-refractivity contribution is 0.226. The number of thiophene rings is 1. The van der Waals surface area contributed by atoms with Crippen LogP contribution in [0, 0.1) is 0 Å². The molecule has 1 aromatic heterocycles. The predicted molar refractivity (Wildman–Crippen MR) is 66.6 cm³/mol. The summed E-state index contributed by atoms with van der Waals surface area (Å²) in [6.07, 6.45) is 2.52. The van der Waals surface area contributed by atoms with Crippen LogP contribution >= 0.6 is 38.9 Å². The van der Waals surface area contributed by atoms with E-state index in [9.17, 15) is 0 Å². The number of rotatable bonds is 2. The fraction of sp³-hybridized carbons (Fsp3) is 0.600. The van der Waals surface area contributed by atoms with Gasteiger partial charge in [-0.15, -0.1) is 11.3 Å². The zero-order valence-corrected chi connectivity index (χ0v) is 11.0. The molecule has 0 atom stereocenters. The normalized spacial score (nSPS) is 20.1. The summed E-state index contributed by atoms with van der Waals surface area (Å²) in [5, 5.41) is 2.16. The molecule has 0 saturated carbocycles. The maximum Gasteiger partial charge on any atom is 0.0931 e. The fourth-order valence-electron chi connectivity index (χ4n) is 1.75. The standard InChI is InChI=1S/C10H13BrClNS/c11-9-1-3-13(4-2-9)6-8-5-10(12)14-7-8/h5,7,9H,1-4,6H2. The minimum atomic E-state index is 0.727. The molecule has 1 aliphatic rings. The number of likely N-dealkylation sites (tertiary alicyclic amines) is 1. The smallest absolute Gasteiger partial charge is 0.0931 e. The molecular weight excluding hydrogens is 282 g/mol. The summed E-state index contributed by atoms with van der Waals surface area (Å²) in [5.74, 6) is 0. The maximum absolute atomic E-state index is 5.89. The van der Waals surface area contributed by atoms with Crippen LogP contribution < -0.4 is 0 Å². The topological polar surface area (TPSA) is 3.24 Å². The van der Waals surface area contributed by atoms with Crippen molar-refractivity contribution in [2.24, 2.45) is 0 Å². The highest BCUT2D eigenvalue weighted by Gasteiger charge is 2.16. The van der Waals surface area contributed by atoms with Crippen molar-refractivity contribution < 1.29 is 0 Å². The van der Waals surface area contributed by atoms with Gasteiger partial charge >= 0.3 is 0 Å². The molecule has 14 heavy (non-hydrogen) atoms. The maximum atomic E-state index is 5.89. The summed E-state index contributed by atoms with van der Waals surface area (Å²) in [6.45, 7) is 3.45. The summed E-state index contributed by atoms with van der Waals surface area (Å²) in [5.41, 5.74) is 1.35. The summed E-state index contributed by atoms with van der Waals surface area (Å²) in [7, 11) is 0. The first-order valence-corrected chi connectivity index (χ1v) is 7.01. The Morgan fingerprint density at radius 1 is 1.50 bits per heavy atom. The van der Waals surface area contributed by atoms with Crippen molar-refractivity contribution >= 4 is 38.9 Å². The van der Waals surface area contributed by atoms with E-state index < -0.39 is 0 Å². The van der Waals surface area contributed by atoms with Gasteiger partial charge in [0.1, 0.15) is 0 Å². The molecule has 0 aliphatic carbocycles. The van der Waals surface area contributed by atoms with Gasteiger partial charge in [0.05, 0.1) is 4.34 Å². The zero-order chi connectivity index (χ0) is 9.97. The average Bonchev–Trinajstić information content (AvgIpc) is 2.56. The third-order valence-corrected chi connectivity index (χ3v) is 4.60. The van der Waals surface area contributed by atoms with E-state index in [1.54, 1.807) is 11.3 Å². The lowest BCUT2D eigenvalue weighted by Gasteiger charge is -2.28. The van der Waals surface area contributed by atoms with Gasteiger partial charge in [-0.05, 0) is 42.9 Å². The Morgan fingerprint density at radius 2 is 2.21 bits per heavy atom. The van der Waals surface area contributed by atoms with Gasteiger partial charge in [-0.25, -0.2) is 0 Å². The minimum absolute atomic E-state index is 0.727. The first-order valence-electron chi connectivity index (χ1n) is 4.83. The highest BCUT2D eigenvalue weighted by atomic mass is 79.9. The fourth-order valence-corrected chi connectivity index (χ4v) is 3.06. The molecule has 78 valence electrons. The summed E-state index contributed by atoms with van der Waals surface area (Å²) >= 11 is 11.2. The quantitative estimate of drug-likeness (QED) is 0.751. The summed E-state index contributed by atoms with van der Waals surface area (Å²) in [4.78, 5) is 3.22. The van der Waals surface area contributed by atoms with Crippen molar-refractivity contribution in [1.29, 1.82) is 0 Å². The molecule has 4 heteroatoms. The molecule has 1 aliphatic heterocycles. The van der Waals surface area contributed by atoms with Crippen LogP contribution in [0.15, 0.2) is 11.4 Å². The Hall–Kier alpha value is 0.430. The number of alkyl halides is 1. The third kappa shape index (κ3) is 2.96. The van der Waals surface area contributed by atoms with Crippen molar-refractivity contribution in [2.45, 2.75) is 24.2 Å². The number of hydrogen-bond donors (Lipinski definition) is 0. The first kappa shape index (κ1) is 10.9. The van der Waals surface area contributed by atoms with Gasteiger partial charge in [-0.1, -0.05) is 27.5 Å². The number of nitrogens with zero attached hydrogens (tertiary/aromatic N) is 1. The van der Waals surface area contributed by atoms with Crippen LogP contribution in [0.4, 0.5) is 0 Å². The van der Waals surface area contributed by atoms with Crippen LogP contribution in [0.3, 0.4) is 0 Å². The van der Waals surface area contributed by atoms with Gasteiger partial charge in [0.15, 0.2) is 0 Å². The monoisotopic (exact) mass is 293 g/mol. The average molecular weight is 295 g/mol. The third-order valence-electron chi connectivity index (χ3n) is 2.55. The number of halogens is 2. The Balaban J connectivity index is 1.86. The second-order valence-corrected chi connectivity index (χ2v) is 6.55. The molecule has 2 heterocycles. The highest BCUT2D eigenvalue weighted by molar-refractivity contribution is 9.09. The van der Waals surface area contributed by atoms with Crippen LogP contribution in [0.2, 0.25) is 4.34 Å². The van der Waals surface area contributed by atoms with Crippen molar-refractivity contribution in [3.63, 3.8) is 0 Å². The van der Waals surface area contributed by atoms with Crippen molar-refractivity contribution in [3.05, 3.63) is 21.3 Å². The van der Waals surface area contributed by atoms with E-state index in [0.717, 1.165) is 15.7 Å². The van der Waals surface area contributed by atoms with Crippen molar-refractivity contribution in [3.8, 4) is 0 Å². The SMILES string of the molecule is Clc1cc(CN2CCC(Br)CC2)cs1. The van der Waals surface area contributed by atoms with Crippen molar-refractivity contribution in [2.75, 3.05) is 13.1 Å². The van der Waals surface area contributed by atoms with E-state index in [2.05, 4.69) is 32.3 Å². The van der Waals surface area contributed by atoms with E-state index in [4.69, 9.17) is 11.6 Å². The molecule has 0 spiro atoms. The number of hydrogen-bond acceptors (Lipinski definition) is 2. The first-order chi connectivity index (χ1) is 6.74. The van der Waals surface area contributed by atoms with Gasteiger partial charge in [0, 0.05) is 11.4 Å². The minimum Gasteiger partial charge on any atom is -0.299 e. The van der Waals surface area contributed by atoms with E-state index in [0.29, 0.717) is 0 Å². The molecule has 0 aromatic carbocycles. The second-order valence-electron chi connectivity index (χ2n) is 3.71. The Bertz CT molecular complexity index is 294.